The number of rotatable bonds is 5. The predicted octanol–water partition coefficient (Wildman–Crippen LogP) is 3.97. The third kappa shape index (κ3) is 4.01. The Kier molecular flexibility index (Phi) is 6.09. The monoisotopic (exact) mass is 512 g/mol. The van der Waals surface area contributed by atoms with Crippen LogP contribution >= 0.6 is 0 Å². The Morgan fingerprint density at radius 3 is 2.42 bits per heavy atom. The van der Waals surface area contributed by atoms with Gasteiger partial charge in [-0.1, -0.05) is 30.3 Å². The highest BCUT2D eigenvalue weighted by atomic mass is 16.4. The molecule has 2 aliphatic rings. The van der Waals surface area contributed by atoms with E-state index in [2.05, 4.69) is 6.07 Å². The van der Waals surface area contributed by atoms with Crippen molar-refractivity contribution in [2.45, 2.75) is 63.7 Å². The van der Waals surface area contributed by atoms with Gasteiger partial charge >= 0.3 is 5.63 Å². The number of likely N-dealkylation sites (tertiary alicyclic amines) is 1. The number of hydrogen-bond donors (Lipinski definition) is 0. The number of amides is 1. The first kappa shape index (κ1) is 24.5. The second kappa shape index (κ2) is 9.46. The van der Waals surface area contributed by atoms with Crippen LogP contribution in [0.4, 0.5) is 0 Å². The Labute approximate surface area is 220 Å². The number of carbonyl (C=O) groups is 2. The van der Waals surface area contributed by atoms with Gasteiger partial charge in [0.25, 0.3) is 0 Å². The minimum atomic E-state index is -1.10. The number of fused-ring (bicyclic) bond motifs is 4. The molecule has 0 unspecified atom stereocenters. The van der Waals surface area contributed by atoms with Crippen LogP contribution in [0.2, 0.25) is 0 Å². The van der Waals surface area contributed by atoms with Crippen LogP contribution in [-0.4, -0.2) is 29.9 Å². The topological polar surface area (TPSA) is 104 Å². The summed E-state index contributed by atoms with van der Waals surface area (Å²) in [4.78, 5) is 39.8. The van der Waals surface area contributed by atoms with Crippen LogP contribution < -0.4 is 10.7 Å². The van der Waals surface area contributed by atoms with Crippen LogP contribution in [0.5, 0.6) is 0 Å². The van der Waals surface area contributed by atoms with Gasteiger partial charge in [-0.25, -0.2) is 4.79 Å². The molecule has 7 heteroatoms. The lowest BCUT2D eigenvalue weighted by Gasteiger charge is -2.43. The first-order chi connectivity index (χ1) is 18.4. The third-order valence-electron chi connectivity index (χ3n) is 8.64. The minimum Gasteiger partial charge on any atom is -0.549 e. The maximum Gasteiger partial charge on any atom is 0.339 e. The van der Waals surface area contributed by atoms with E-state index < -0.39 is 17.0 Å². The molecule has 2 aromatic heterocycles. The summed E-state index contributed by atoms with van der Waals surface area (Å²) in [5, 5.41) is 14.1. The highest BCUT2D eigenvalue weighted by Crippen LogP contribution is 2.37. The minimum absolute atomic E-state index is 0.0942. The van der Waals surface area contributed by atoms with Crippen LogP contribution in [-0.2, 0) is 34.3 Å². The van der Waals surface area contributed by atoms with Gasteiger partial charge in [0.05, 0.1) is 5.97 Å². The van der Waals surface area contributed by atoms with E-state index in [9.17, 15) is 19.5 Å². The highest BCUT2D eigenvalue weighted by molar-refractivity contribution is 5.97. The van der Waals surface area contributed by atoms with E-state index >= 15 is 0 Å². The number of nitrogens with zero attached hydrogens (tertiary/aromatic N) is 1. The van der Waals surface area contributed by atoms with E-state index in [1.807, 2.05) is 43.3 Å². The van der Waals surface area contributed by atoms with Crippen molar-refractivity contribution in [1.29, 1.82) is 0 Å². The molecule has 0 radical (unpaired) electrons. The van der Waals surface area contributed by atoms with Crippen molar-refractivity contribution in [3.05, 3.63) is 80.9 Å². The van der Waals surface area contributed by atoms with Crippen LogP contribution in [0, 0.1) is 6.92 Å². The summed E-state index contributed by atoms with van der Waals surface area (Å²) in [6.07, 6.45) is 5.21. The molecule has 4 aromatic rings. The normalized spacial score (nSPS) is 17.0. The number of furan rings is 1. The Morgan fingerprint density at radius 1 is 0.974 bits per heavy atom. The number of piperidine rings is 1. The van der Waals surface area contributed by atoms with Crippen molar-refractivity contribution in [2.24, 2.45) is 0 Å². The summed E-state index contributed by atoms with van der Waals surface area (Å²) in [5.74, 6) is -0.166. The Bertz CT molecular complexity index is 1600. The van der Waals surface area contributed by atoms with Gasteiger partial charge in [0, 0.05) is 59.3 Å². The molecule has 0 atom stereocenters. The molecule has 0 N–H and O–H groups in total. The van der Waals surface area contributed by atoms with Gasteiger partial charge in [-0.05, 0) is 62.6 Å². The fraction of sp³-hybridized carbons (Fsp3) is 0.387. The zero-order valence-corrected chi connectivity index (χ0v) is 21.5. The zero-order valence-electron chi connectivity index (χ0n) is 21.5. The summed E-state index contributed by atoms with van der Waals surface area (Å²) < 4.78 is 11.7. The maximum atomic E-state index is 13.1. The van der Waals surface area contributed by atoms with Crippen molar-refractivity contribution >= 4 is 33.8 Å². The average molecular weight is 513 g/mol. The van der Waals surface area contributed by atoms with Crippen LogP contribution in [0.3, 0.4) is 0 Å². The molecule has 6 rings (SSSR count). The molecule has 0 spiro atoms. The first-order valence-electron chi connectivity index (χ1n) is 13.4. The van der Waals surface area contributed by atoms with Crippen molar-refractivity contribution in [1.82, 2.24) is 4.90 Å². The largest absolute Gasteiger partial charge is 0.549 e. The molecule has 1 aliphatic heterocycles. The summed E-state index contributed by atoms with van der Waals surface area (Å²) in [6, 6.07) is 13.0. The highest BCUT2D eigenvalue weighted by Gasteiger charge is 2.38. The summed E-state index contributed by atoms with van der Waals surface area (Å²) in [7, 11) is 0. The predicted molar refractivity (Wildman–Crippen MR) is 141 cm³/mol. The van der Waals surface area contributed by atoms with Gasteiger partial charge in [-0.2, -0.15) is 0 Å². The molecular weight excluding hydrogens is 482 g/mol. The standard InChI is InChI=1S/C31H31NO6/c1-19-21(29(34)38-26-18-27-24(17-23(19)26)22-9-5-6-10-25(22)37-27)11-12-28(33)32-15-13-31(14-16-32,30(35)36)20-7-3-2-4-8-20/h2-4,7-8,17-18H,5-6,9-16H2,1H3,(H,35,36)/p-1. The van der Waals surface area contributed by atoms with Crippen molar-refractivity contribution in [2.75, 3.05) is 13.1 Å². The molecular formula is C31H30NO6-. The quantitative estimate of drug-likeness (QED) is 0.375. The van der Waals surface area contributed by atoms with Gasteiger partial charge in [-0.3, -0.25) is 4.79 Å². The van der Waals surface area contributed by atoms with Gasteiger partial charge in [0.2, 0.25) is 5.91 Å². The summed E-state index contributed by atoms with van der Waals surface area (Å²) in [6.45, 7) is 2.57. The lowest BCUT2D eigenvalue weighted by molar-refractivity contribution is -0.315. The van der Waals surface area contributed by atoms with E-state index in [1.54, 1.807) is 4.90 Å². The lowest BCUT2D eigenvalue weighted by atomic mass is 9.73. The molecule has 1 aliphatic carbocycles. The number of aliphatic carboxylic acids is 1. The molecule has 38 heavy (non-hydrogen) atoms. The first-order valence-corrected chi connectivity index (χ1v) is 13.4. The molecule has 196 valence electrons. The van der Waals surface area contributed by atoms with E-state index in [-0.39, 0.29) is 18.7 Å². The number of benzene rings is 2. The Balaban J connectivity index is 1.20. The fourth-order valence-corrected chi connectivity index (χ4v) is 6.33. The van der Waals surface area contributed by atoms with E-state index in [0.717, 1.165) is 53.4 Å². The molecule has 1 fully saturated rings. The van der Waals surface area contributed by atoms with Crippen molar-refractivity contribution < 1.29 is 23.5 Å². The maximum absolute atomic E-state index is 13.1. The van der Waals surface area contributed by atoms with Gasteiger partial charge in [0.1, 0.15) is 16.9 Å². The molecule has 7 nitrogen and oxygen atoms in total. The van der Waals surface area contributed by atoms with E-state index in [1.165, 1.54) is 5.56 Å². The van der Waals surface area contributed by atoms with Crippen molar-refractivity contribution in [3.63, 3.8) is 0 Å². The van der Waals surface area contributed by atoms with Gasteiger partial charge in [0.15, 0.2) is 0 Å². The molecule has 3 heterocycles. The van der Waals surface area contributed by atoms with Crippen LogP contribution in [0.25, 0.3) is 21.9 Å². The lowest BCUT2D eigenvalue weighted by Crippen LogP contribution is -2.53. The average Bonchev–Trinajstić information content (AvgIpc) is 3.29. The molecule has 0 bridgehead atoms. The molecule has 1 amide bonds. The van der Waals surface area contributed by atoms with Gasteiger partial charge in [-0.15, -0.1) is 0 Å². The van der Waals surface area contributed by atoms with E-state index in [4.69, 9.17) is 8.83 Å². The second-order valence-corrected chi connectivity index (χ2v) is 10.7. The number of carboxylic acid groups (broad SMARTS) is 1. The summed E-state index contributed by atoms with van der Waals surface area (Å²) >= 11 is 0. The van der Waals surface area contributed by atoms with E-state index in [0.29, 0.717) is 42.6 Å². The van der Waals surface area contributed by atoms with Crippen LogP contribution in [0.15, 0.2) is 56.1 Å². The summed E-state index contributed by atoms with van der Waals surface area (Å²) in [5.41, 5.74) is 3.03. The molecule has 0 saturated carbocycles. The molecule has 2 aromatic carbocycles. The number of carbonyl (C=O) groups excluding carboxylic acids is 2. The molecule has 1 saturated heterocycles. The smallest absolute Gasteiger partial charge is 0.339 e. The van der Waals surface area contributed by atoms with Gasteiger partial charge < -0.3 is 23.6 Å². The Hall–Kier alpha value is -3.87. The second-order valence-electron chi connectivity index (χ2n) is 10.7. The SMILES string of the molecule is Cc1c(CCC(=O)N2CCC(C(=O)[O-])(c3ccccc3)CC2)c(=O)oc2cc3oc4c(c3cc12)CCCC4. The Morgan fingerprint density at radius 2 is 1.68 bits per heavy atom. The van der Waals surface area contributed by atoms with Crippen LogP contribution in [0.1, 0.15) is 60.1 Å². The zero-order chi connectivity index (χ0) is 26.4. The van der Waals surface area contributed by atoms with Crippen molar-refractivity contribution in [3.8, 4) is 0 Å². The number of hydrogen-bond acceptors (Lipinski definition) is 6. The third-order valence-corrected chi connectivity index (χ3v) is 8.64. The number of carboxylic acids is 1. The number of aryl methyl sites for hydroxylation is 3. The fourth-order valence-electron chi connectivity index (χ4n) is 6.33.